The van der Waals surface area contributed by atoms with E-state index in [0.717, 1.165) is 28.8 Å². The quantitative estimate of drug-likeness (QED) is 0.0536. The SMILES string of the molecule is O=C1[C@H]2[C@H](CC=C3[C@H]2C[C@@]2(Cl)C(=O)N(c4c(F)c(F)c(F)c(F)c4F)C(=O)[C@@]2(Cl)[C@H]3c2cccc(F)c2O)C(=O)N1c1ccc(Nc2ccccc2)cc1. The summed E-state index contributed by atoms with van der Waals surface area (Å²) in [6.07, 6.45) is 0.562. The molecule has 4 aliphatic rings. The summed E-state index contributed by atoms with van der Waals surface area (Å²) in [5.74, 6) is -25.0. The minimum Gasteiger partial charge on any atom is -0.505 e. The van der Waals surface area contributed by atoms with Crippen LogP contribution in [0.3, 0.4) is 0 Å². The third kappa shape index (κ3) is 4.71. The number of phenolic OH excluding ortho intramolecular Hbond substituents is 1. The molecule has 0 radical (unpaired) electrons. The number of hydrogen-bond acceptors (Lipinski definition) is 6. The van der Waals surface area contributed by atoms with Crippen molar-refractivity contribution in [1.82, 2.24) is 0 Å². The van der Waals surface area contributed by atoms with Gasteiger partial charge in [-0.15, -0.1) is 23.2 Å². The van der Waals surface area contributed by atoms with Crippen molar-refractivity contribution in [1.29, 1.82) is 0 Å². The highest BCUT2D eigenvalue weighted by Gasteiger charge is 2.77. The van der Waals surface area contributed by atoms with Crippen LogP contribution in [-0.2, 0) is 19.2 Å². The molecule has 0 spiro atoms. The Hall–Kier alpha value is -5.34. The number of nitrogens with zero attached hydrogens (tertiary/aromatic N) is 2. The number of rotatable bonds is 5. The lowest BCUT2D eigenvalue weighted by molar-refractivity contribution is -0.125. The van der Waals surface area contributed by atoms with Crippen LogP contribution in [0.15, 0.2) is 84.4 Å². The molecule has 0 unspecified atom stereocenters. The van der Waals surface area contributed by atoms with E-state index in [-0.39, 0.29) is 22.6 Å². The molecule has 4 amide bonds. The number of allylic oxidation sites excluding steroid dienone is 2. The first-order chi connectivity index (χ1) is 25.6. The van der Waals surface area contributed by atoms with E-state index >= 15 is 8.78 Å². The van der Waals surface area contributed by atoms with Crippen LogP contribution in [-0.4, -0.2) is 38.5 Å². The Morgan fingerprint density at radius 1 is 0.685 bits per heavy atom. The lowest BCUT2D eigenvalue weighted by atomic mass is 9.56. The predicted octanol–water partition coefficient (Wildman–Crippen LogP) is 7.74. The van der Waals surface area contributed by atoms with Crippen molar-refractivity contribution in [2.45, 2.75) is 28.5 Å². The van der Waals surface area contributed by atoms with E-state index in [9.17, 15) is 41.8 Å². The topological polar surface area (TPSA) is 107 Å². The summed E-state index contributed by atoms with van der Waals surface area (Å²) in [7, 11) is 0. The van der Waals surface area contributed by atoms with Crippen molar-refractivity contribution < 1.29 is 50.6 Å². The third-order valence-electron chi connectivity index (χ3n) is 10.7. The predicted molar refractivity (Wildman–Crippen MR) is 183 cm³/mol. The molecule has 4 aromatic rings. The standard InChI is InChI=1S/C38H23Cl2F6N3O5/c39-37-15-22-19(13-14-20-24(22)34(52)48(33(20)51)18-11-9-17(10-12-18)47-16-5-2-1-3-6-16)25(21-7-4-8-23(41)32(21)50)38(37,40)36(54)49(35(37)53)31-29(45)27(43)26(42)28(44)30(31)46/h1-13,20,22,24-25,47,50H,14-15H2/t20-,22+,24-,25+,37+,38-/m0/s1. The summed E-state index contributed by atoms with van der Waals surface area (Å²) >= 11 is 14.1. The van der Waals surface area contributed by atoms with Gasteiger partial charge in [0, 0.05) is 22.9 Å². The average Bonchev–Trinajstić information content (AvgIpc) is 3.50. The number of para-hydroxylation sites is 2. The Morgan fingerprint density at radius 3 is 1.94 bits per heavy atom. The largest absolute Gasteiger partial charge is 0.505 e. The van der Waals surface area contributed by atoms with Crippen molar-refractivity contribution in [3.63, 3.8) is 0 Å². The highest BCUT2D eigenvalue weighted by Crippen LogP contribution is 2.67. The number of phenols is 1. The highest BCUT2D eigenvalue weighted by atomic mass is 35.5. The summed E-state index contributed by atoms with van der Waals surface area (Å²) in [6.45, 7) is 0. The Labute approximate surface area is 311 Å². The van der Waals surface area contributed by atoms with Gasteiger partial charge in [-0.1, -0.05) is 42.0 Å². The number of amides is 4. The average molecular weight is 787 g/mol. The number of carbonyl (C=O) groups is 4. The first kappa shape index (κ1) is 35.7. The van der Waals surface area contributed by atoms with Gasteiger partial charge in [0.1, 0.15) is 5.69 Å². The van der Waals surface area contributed by atoms with Gasteiger partial charge in [0.2, 0.25) is 17.6 Å². The maximum Gasteiger partial charge on any atom is 0.258 e. The number of anilines is 4. The first-order valence-electron chi connectivity index (χ1n) is 16.4. The summed E-state index contributed by atoms with van der Waals surface area (Å²) in [4.78, 5) is 51.8. The Bertz CT molecular complexity index is 2340. The third-order valence-corrected chi connectivity index (χ3v) is 12.2. The summed E-state index contributed by atoms with van der Waals surface area (Å²) < 4.78 is 88.3. The van der Waals surface area contributed by atoms with Crippen LogP contribution in [0.25, 0.3) is 0 Å². The molecule has 0 aromatic heterocycles. The van der Waals surface area contributed by atoms with E-state index in [4.69, 9.17) is 23.2 Å². The Kier molecular flexibility index (Phi) is 8.16. The van der Waals surface area contributed by atoms with Gasteiger partial charge < -0.3 is 10.4 Å². The van der Waals surface area contributed by atoms with Crippen molar-refractivity contribution in [2.75, 3.05) is 15.1 Å². The molecule has 6 atom stereocenters. The lowest BCUT2D eigenvalue weighted by Crippen LogP contribution is -2.60. The maximum atomic E-state index is 15.2. The minimum absolute atomic E-state index is 0.0641. The molecule has 16 heteroatoms. The van der Waals surface area contributed by atoms with E-state index in [1.165, 1.54) is 18.2 Å². The normalized spacial score (nSPS) is 27.5. The molecular formula is C38H23Cl2F6N3O5. The van der Waals surface area contributed by atoms with Crippen molar-refractivity contribution >= 4 is 69.6 Å². The Morgan fingerprint density at radius 2 is 1.30 bits per heavy atom. The molecule has 8 nitrogen and oxygen atoms in total. The smallest absolute Gasteiger partial charge is 0.258 e. The number of carbonyl (C=O) groups excluding carboxylic acids is 4. The minimum atomic E-state index is -2.90. The molecule has 8 rings (SSSR count). The molecule has 2 aliphatic carbocycles. The molecule has 54 heavy (non-hydrogen) atoms. The zero-order valence-electron chi connectivity index (χ0n) is 27.2. The molecule has 2 saturated heterocycles. The van der Waals surface area contributed by atoms with Crippen LogP contribution in [0, 0.1) is 52.7 Å². The molecule has 3 fully saturated rings. The molecule has 0 bridgehead atoms. The van der Waals surface area contributed by atoms with Gasteiger partial charge in [-0.25, -0.2) is 31.2 Å². The van der Waals surface area contributed by atoms with Gasteiger partial charge in [-0.05, 0) is 61.2 Å². The van der Waals surface area contributed by atoms with Crippen LogP contribution < -0.4 is 15.1 Å². The first-order valence-corrected chi connectivity index (χ1v) is 17.1. The van der Waals surface area contributed by atoms with Gasteiger partial charge in [0.05, 0.1) is 17.5 Å². The van der Waals surface area contributed by atoms with E-state index in [1.54, 1.807) is 12.1 Å². The second kappa shape index (κ2) is 12.4. The number of hydrogen-bond donors (Lipinski definition) is 2. The van der Waals surface area contributed by atoms with Gasteiger partial charge in [0.15, 0.2) is 44.6 Å². The summed E-state index contributed by atoms with van der Waals surface area (Å²) in [6, 6.07) is 18.7. The van der Waals surface area contributed by atoms with Gasteiger partial charge in [-0.2, -0.15) is 0 Å². The number of fused-ring (bicyclic) bond motifs is 4. The zero-order chi connectivity index (χ0) is 38.6. The number of alkyl halides is 2. The fourth-order valence-electron chi connectivity index (χ4n) is 8.31. The lowest BCUT2D eigenvalue weighted by Gasteiger charge is -2.50. The van der Waals surface area contributed by atoms with Crippen LogP contribution in [0.1, 0.15) is 24.3 Å². The van der Waals surface area contributed by atoms with Gasteiger partial charge in [0.25, 0.3) is 11.8 Å². The maximum absolute atomic E-state index is 15.2. The van der Waals surface area contributed by atoms with E-state index in [0.29, 0.717) is 5.69 Å². The zero-order valence-corrected chi connectivity index (χ0v) is 28.7. The molecule has 276 valence electrons. The van der Waals surface area contributed by atoms with E-state index in [2.05, 4.69) is 5.32 Å². The molecule has 2 aliphatic heterocycles. The van der Waals surface area contributed by atoms with Crippen molar-refractivity contribution in [2.24, 2.45) is 17.8 Å². The number of imide groups is 2. The second-order valence-electron chi connectivity index (χ2n) is 13.4. The fraction of sp³-hybridized carbons (Fsp3) is 0.211. The van der Waals surface area contributed by atoms with Crippen molar-refractivity contribution in [3.8, 4) is 5.75 Å². The number of nitrogens with one attached hydrogen (secondary N) is 1. The fourth-order valence-corrected chi connectivity index (χ4v) is 9.24. The molecule has 1 saturated carbocycles. The molecular weight excluding hydrogens is 763 g/mol. The number of benzene rings is 4. The summed E-state index contributed by atoms with van der Waals surface area (Å²) in [5.41, 5.74) is -0.693. The van der Waals surface area contributed by atoms with Crippen LogP contribution in [0.2, 0.25) is 0 Å². The van der Waals surface area contributed by atoms with Gasteiger partial charge in [-0.3, -0.25) is 24.1 Å². The van der Waals surface area contributed by atoms with Crippen LogP contribution in [0.4, 0.5) is 49.1 Å². The van der Waals surface area contributed by atoms with Crippen LogP contribution >= 0.6 is 23.2 Å². The van der Waals surface area contributed by atoms with Crippen molar-refractivity contribution in [3.05, 3.63) is 125 Å². The van der Waals surface area contributed by atoms with E-state index < -0.39 is 115 Å². The highest BCUT2D eigenvalue weighted by molar-refractivity contribution is 6.58. The summed E-state index contributed by atoms with van der Waals surface area (Å²) in [5, 5.41) is 14.2. The molecule has 2 N–H and O–H groups in total. The monoisotopic (exact) mass is 785 g/mol. The number of aromatic hydroxyl groups is 1. The molecule has 2 heterocycles. The number of halogens is 8. The van der Waals surface area contributed by atoms with Gasteiger partial charge >= 0.3 is 0 Å². The Balaban J connectivity index is 1.24. The van der Waals surface area contributed by atoms with E-state index in [1.807, 2.05) is 30.3 Å². The molecule has 4 aromatic carbocycles. The van der Waals surface area contributed by atoms with Crippen LogP contribution in [0.5, 0.6) is 5.75 Å². The second-order valence-corrected chi connectivity index (χ2v) is 14.7.